The molecule has 0 radical (unpaired) electrons. The molecule has 0 unspecified atom stereocenters. The van der Waals surface area contributed by atoms with Gasteiger partial charge in [-0.15, -0.1) is 0 Å². The second-order valence-corrected chi connectivity index (χ2v) is 6.25. The lowest BCUT2D eigenvalue weighted by molar-refractivity contribution is 0.515. The van der Waals surface area contributed by atoms with Crippen LogP contribution in [0.5, 0.6) is 5.75 Å². The lowest BCUT2D eigenvalue weighted by atomic mass is 9.89. The SMILES string of the molecule is C1=Cc2c(ccc3c2/C(=C\c2ccccc2)Oc2ccccc2-3)NC1. The van der Waals surface area contributed by atoms with Crippen LogP contribution in [0.1, 0.15) is 16.7 Å². The topological polar surface area (TPSA) is 21.3 Å². The molecule has 2 heteroatoms. The summed E-state index contributed by atoms with van der Waals surface area (Å²) in [5.41, 5.74) is 7.00. The first-order valence-electron chi connectivity index (χ1n) is 8.52. The maximum Gasteiger partial charge on any atom is 0.136 e. The number of para-hydroxylation sites is 1. The van der Waals surface area contributed by atoms with Gasteiger partial charge >= 0.3 is 0 Å². The minimum atomic E-state index is 0.862. The van der Waals surface area contributed by atoms with Crippen LogP contribution in [0.3, 0.4) is 0 Å². The van der Waals surface area contributed by atoms with Crippen LogP contribution in [0, 0.1) is 0 Å². The van der Waals surface area contributed by atoms with E-state index in [4.69, 9.17) is 4.74 Å². The summed E-state index contributed by atoms with van der Waals surface area (Å²) in [6.45, 7) is 0.862. The van der Waals surface area contributed by atoms with Gasteiger partial charge in [-0.05, 0) is 29.3 Å². The molecule has 25 heavy (non-hydrogen) atoms. The normalized spacial score (nSPS) is 15.6. The Hall–Kier alpha value is -3.26. The molecular weight excluding hydrogens is 306 g/mol. The Morgan fingerprint density at radius 2 is 1.68 bits per heavy atom. The molecule has 2 aliphatic heterocycles. The zero-order valence-corrected chi connectivity index (χ0v) is 13.7. The van der Waals surface area contributed by atoms with E-state index in [1.807, 2.05) is 30.3 Å². The maximum absolute atomic E-state index is 6.33. The van der Waals surface area contributed by atoms with Crippen LogP contribution in [0.25, 0.3) is 29.0 Å². The van der Waals surface area contributed by atoms with Crippen LogP contribution in [0.4, 0.5) is 5.69 Å². The van der Waals surface area contributed by atoms with Crippen LogP contribution < -0.4 is 10.1 Å². The van der Waals surface area contributed by atoms with Gasteiger partial charge in [-0.2, -0.15) is 0 Å². The van der Waals surface area contributed by atoms with Crippen LogP contribution in [0.2, 0.25) is 0 Å². The third-order valence-corrected chi connectivity index (χ3v) is 4.68. The van der Waals surface area contributed by atoms with Crippen molar-refractivity contribution in [1.29, 1.82) is 0 Å². The van der Waals surface area contributed by atoms with Gasteiger partial charge < -0.3 is 10.1 Å². The first-order chi connectivity index (χ1) is 12.4. The summed E-state index contributed by atoms with van der Waals surface area (Å²) in [5, 5.41) is 3.45. The lowest BCUT2D eigenvalue weighted by Gasteiger charge is -2.27. The largest absolute Gasteiger partial charge is 0.456 e. The molecule has 0 saturated heterocycles. The van der Waals surface area contributed by atoms with Crippen molar-refractivity contribution in [2.45, 2.75) is 0 Å². The molecule has 2 aliphatic rings. The highest BCUT2D eigenvalue weighted by atomic mass is 16.5. The highest BCUT2D eigenvalue weighted by Crippen LogP contribution is 2.46. The van der Waals surface area contributed by atoms with Gasteiger partial charge in [-0.3, -0.25) is 0 Å². The van der Waals surface area contributed by atoms with E-state index >= 15 is 0 Å². The molecule has 3 aromatic rings. The number of nitrogens with one attached hydrogen (secondary N) is 1. The molecule has 0 fully saturated rings. The molecule has 0 aliphatic carbocycles. The Balaban J connectivity index is 1.79. The summed E-state index contributed by atoms with van der Waals surface area (Å²) < 4.78 is 6.33. The van der Waals surface area contributed by atoms with Crippen molar-refractivity contribution in [1.82, 2.24) is 0 Å². The molecule has 120 valence electrons. The van der Waals surface area contributed by atoms with Gasteiger partial charge in [0.2, 0.25) is 0 Å². The molecule has 0 amide bonds. The molecule has 0 aromatic heterocycles. The molecule has 3 aromatic carbocycles. The van der Waals surface area contributed by atoms with E-state index in [9.17, 15) is 0 Å². The molecule has 0 bridgehead atoms. The standard InChI is InChI=1S/C23H17NO/c1-2-7-16(8-3-1)15-22-23-18(17-9-4-5-11-21(17)25-22)12-13-20-19(23)10-6-14-24-20/h1-13,15,24H,14H2/b22-15+. The molecule has 0 spiro atoms. The van der Waals surface area contributed by atoms with Crippen LogP contribution in [0.15, 0.2) is 72.8 Å². The van der Waals surface area contributed by atoms with Gasteiger partial charge in [0.25, 0.3) is 0 Å². The Kier molecular flexibility index (Phi) is 3.20. The summed E-state index contributed by atoms with van der Waals surface area (Å²) in [4.78, 5) is 0. The van der Waals surface area contributed by atoms with E-state index in [1.54, 1.807) is 0 Å². The van der Waals surface area contributed by atoms with E-state index in [2.05, 4.69) is 59.9 Å². The van der Waals surface area contributed by atoms with Crippen LogP contribution >= 0.6 is 0 Å². The third kappa shape index (κ3) is 2.34. The fraction of sp³-hybridized carbons (Fsp3) is 0.0435. The van der Waals surface area contributed by atoms with Crippen molar-refractivity contribution in [3.63, 3.8) is 0 Å². The number of anilines is 1. The first-order valence-corrected chi connectivity index (χ1v) is 8.52. The number of rotatable bonds is 1. The average Bonchev–Trinajstić information content (AvgIpc) is 2.68. The maximum atomic E-state index is 6.33. The molecule has 2 nitrogen and oxygen atoms in total. The highest BCUT2D eigenvalue weighted by molar-refractivity contribution is 5.98. The van der Waals surface area contributed by atoms with E-state index in [-0.39, 0.29) is 0 Å². The minimum Gasteiger partial charge on any atom is -0.456 e. The molecule has 2 heterocycles. The zero-order chi connectivity index (χ0) is 16.6. The predicted octanol–water partition coefficient (Wildman–Crippen LogP) is 5.68. The Morgan fingerprint density at radius 3 is 2.60 bits per heavy atom. The van der Waals surface area contributed by atoms with Crippen molar-refractivity contribution in [2.24, 2.45) is 0 Å². The van der Waals surface area contributed by atoms with E-state index in [0.29, 0.717) is 0 Å². The molecule has 1 N–H and O–H groups in total. The van der Waals surface area contributed by atoms with E-state index < -0.39 is 0 Å². The van der Waals surface area contributed by atoms with Crippen molar-refractivity contribution >= 4 is 23.6 Å². The predicted molar refractivity (Wildman–Crippen MR) is 104 cm³/mol. The van der Waals surface area contributed by atoms with Crippen molar-refractivity contribution in [2.75, 3.05) is 11.9 Å². The van der Waals surface area contributed by atoms with Gasteiger partial charge in [0.15, 0.2) is 0 Å². The van der Waals surface area contributed by atoms with Crippen molar-refractivity contribution in [3.8, 4) is 16.9 Å². The number of benzene rings is 3. The second-order valence-electron chi connectivity index (χ2n) is 6.25. The molecule has 5 rings (SSSR count). The minimum absolute atomic E-state index is 0.862. The monoisotopic (exact) mass is 323 g/mol. The number of hydrogen-bond donors (Lipinski definition) is 1. The van der Waals surface area contributed by atoms with E-state index in [0.717, 1.165) is 40.4 Å². The quantitative estimate of drug-likeness (QED) is 0.622. The molecular formula is C23H17NO. The van der Waals surface area contributed by atoms with Crippen molar-refractivity contribution in [3.05, 3.63) is 89.5 Å². The lowest BCUT2D eigenvalue weighted by Crippen LogP contribution is -2.11. The third-order valence-electron chi connectivity index (χ3n) is 4.68. The molecule has 0 saturated carbocycles. The summed E-state index contributed by atoms with van der Waals surface area (Å²) in [6.07, 6.45) is 6.47. The van der Waals surface area contributed by atoms with Crippen LogP contribution in [-0.4, -0.2) is 6.54 Å². The Labute approximate surface area is 147 Å². The number of ether oxygens (including phenoxy) is 1. The summed E-state index contributed by atoms with van der Waals surface area (Å²) in [5.74, 6) is 1.80. The Morgan fingerprint density at radius 1 is 0.840 bits per heavy atom. The van der Waals surface area contributed by atoms with Gasteiger partial charge in [0.05, 0.1) is 0 Å². The summed E-state index contributed by atoms with van der Waals surface area (Å²) >= 11 is 0. The van der Waals surface area contributed by atoms with Crippen molar-refractivity contribution < 1.29 is 4.74 Å². The number of fused-ring (bicyclic) bond motifs is 5. The fourth-order valence-electron chi connectivity index (χ4n) is 3.53. The fourth-order valence-corrected chi connectivity index (χ4v) is 3.53. The highest BCUT2D eigenvalue weighted by Gasteiger charge is 2.25. The van der Waals surface area contributed by atoms with Gasteiger partial charge in [0, 0.05) is 28.9 Å². The smallest absolute Gasteiger partial charge is 0.136 e. The Bertz CT molecular complexity index is 1020. The number of hydrogen-bond acceptors (Lipinski definition) is 2. The van der Waals surface area contributed by atoms with Gasteiger partial charge in [0.1, 0.15) is 11.5 Å². The van der Waals surface area contributed by atoms with E-state index in [1.165, 1.54) is 11.1 Å². The van der Waals surface area contributed by atoms with Gasteiger partial charge in [-0.25, -0.2) is 0 Å². The summed E-state index contributed by atoms with van der Waals surface area (Å²) in [6, 6.07) is 22.9. The zero-order valence-electron chi connectivity index (χ0n) is 13.7. The van der Waals surface area contributed by atoms with Crippen LogP contribution in [-0.2, 0) is 0 Å². The van der Waals surface area contributed by atoms with Gasteiger partial charge in [-0.1, -0.05) is 66.7 Å². The second kappa shape index (κ2) is 5.67. The first kappa shape index (κ1) is 14.1. The summed E-state index contributed by atoms with van der Waals surface area (Å²) in [7, 11) is 0. The average molecular weight is 323 g/mol. The molecule has 0 atom stereocenters.